The highest BCUT2D eigenvalue weighted by Crippen LogP contribution is 2.54. The molecule has 2 N–H and O–H groups in total. The lowest BCUT2D eigenvalue weighted by Gasteiger charge is -2.34. The minimum atomic E-state index is -1.23. The maximum atomic E-state index is 13.3. The van der Waals surface area contributed by atoms with Crippen LogP contribution in [0.3, 0.4) is 0 Å². The van der Waals surface area contributed by atoms with Gasteiger partial charge in [0.05, 0.1) is 17.5 Å². The van der Waals surface area contributed by atoms with E-state index in [0.717, 1.165) is 5.56 Å². The normalized spacial score (nSPS) is 33.1. The van der Waals surface area contributed by atoms with Crippen molar-refractivity contribution < 1.29 is 14.4 Å². The number of hydrogen-bond acceptors (Lipinski definition) is 4. The first-order valence-corrected chi connectivity index (χ1v) is 9.16. The number of hydrogen-bond donors (Lipinski definition) is 2. The third-order valence-corrected chi connectivity index (χ3v) is 6.31. The molecule has 1 aromatic rings. The van der Waals surface area contributed by atoms with Crippen LogP contribution in [0.5, 0.6) is 0 Å². The second-order valence-electron chi connectivity index (χ2n) is 8.48. The Morgan fingerprint density at radius 3 is 2.42 bits per heavy atom. The van der Waals surface area contributed by atoms with Crippen LogP contribution in [0, 0.1) is 18.8 Å². The molecule has 2 saturated heterocycles. The SMILES string of the molecule is Cc1c(Cl)ccc2c1NC(=O)C21NC(C)C2C(=O)N(C(C)(C)C)C(=O)C21. The Morgan fingerprint density at radius 1 is 1.15 bits per heavy atom. The number of likely N-dealkylation sites (tertiary alicyclic amines) is 1. The van der Waals surface area contributed by atoms with Crippen molar-refractivity contribution in [3.05, 3.63) is 28.3 Å². The standard InChI is InChI=1S/C19H22ClN3O3/c1-8-11(20)7-6-10-14(8)21-17(26)19(10)13-12(9(2)22-19)15(24)23(16(13)25)18(3,4)5/h6-7,9,12-13,22H,1-5H3,(H,21,26). The van der Waals surface area contributed by atoms with Crippen LogP contribution in [-0.4, -0.2) is 34.2 Å². The maximum absolute atomic E-state index is 13.3. The van der Waals surface area contributed by atoms with Crippen LogP contribution in [0.15, 0.2) is 12.1 Å². The predicted octanol–water partition coefficient (Wildman–Crippen LogP) is 2.19. The number of carbonyl (C=O) groups is 3. The summed E-state index contributed by atoms with van der Waals surface area (Å²) >= 11 is 6.21. The number of halogens is 1. The lowest BCUT2D eigenvalue weighted by Crippen LogP contribution is -2.55. The molecular weight excluding hydrogens is 354 g/mol. The second-order valence-corrected chi connectivity index (χ2v) is 8.88. The van der Waals surface area contributed by atoms with Crippen molar-refractivity contribution in [2.24, 2.45) is 11.8 Å². The summed E-state index contributed by atoms with van der Waals surface area (Å²) < 4.78 is 0. The number of benzene rings is 1. The van der Waals surface area contributed by atoms with Gasteiger partial charge in [0.1, 0.15) is 5.54 Å². The molecule has 138 valence electrons. The van der Waals surface area contributed by atoms with Gasteiger partial charge in [0, 0.05) is 22.2 Å². The van der Waals surface area contributed by atoms with E-state index in [-0.39, 0.29) is 23.8 Å². The fraction of sp³-hybridized carbons (Fsp3) is 0.526. The fourth-order valence-electron chi connectivity index (χ4n) is 4.81. The van der Waals surface area contributed by atoms with Gasteiger partial charge in [0.2, 0.25) is 17.7 Å². The highest BCUT2D eigenvalue weighted by Gasteiger charge is 2.70. The van der Waals surface area contributed by atoms with Crippen LogP contribution in [0.1, 0.15) is 38.8 Å². The van der Waals surface area contributed by atoms with Crippen LogP contribution < -0.4 is 10.6 Å². The number of nitrogens with one attached hydrogen (secondary N) is 2. The molecule has 6 nitrogen and oxygen atoms in total. The molecule has 3 heterocycles. The Bertz CT molecular complexity index is 876. The summed E-state index contributed by atoms with van der Waals surface area (Å²) in [5.41, 5.74) is 0.226. The molecule has 4 atom stereocenters. The van der Waals surface area contributed by atoms with Crippen molar-refractivity contribution >= 4 is 35.0 Å². The molecule has 26 heavy (non-hydrogen) atoms. The van der Waals surface area contributed by atoms with Crippen LogP contribution in [0.25, 0.3) is 0 Å². The van der Waals surface area contributed by atoms with E-state index in [1.165, 1.54) is 4.90 Å². The van der Waals surface area contributed by atoms with Crippen molar-refractivity contribution in [2.45, 2.75) is 51.7 Å². The zero-order valence-electron chi connectivity index (χ0n) is 15.4. The van der Waals surface area contributed by atoms with Crippen LogP contribution in [0.2, 0.25) is 5.02 Å². The van der Waals surface area contributed by atoms with Gasteiger partial charge in [0.25, 0.3) is 0 Å². The van der Waals surface area contributed by atoms with Gasteiger partial charge >= 0.3 is 0 Å². The molecule has 0 bridgehead atoms. The smallest absolute Gasteiger partial charge is 0.250 e. The molecule has 4 rings (SSSR count). The fourth-order valence-corrected chi connectivity index (χ4v) is 4.97. The number of rotatable bonds is 0. The van der Waals surface area contributed by atoms with E-state index < -0.39 is 22.9 Å². The third kappa shape index (κ3) is 1.89. The molecule has 0 saturated carbocycles. The molecule has 0 aromatic heterocycles. The van der Waals surface area contributed by atoms with Crippen molar-refractivity contribution in [3.63, 3.8) is 0 Å². The van der Waals surface area contributed by atoms with Gasteiger partial charge in [-0.15, -0.1) is 0 Å². The van der Waals surface area contributed by atoms with E-state index in [4.69, 9.17) is 11.6 Å². The van der Waals surface area contributed by atoms with Crippen molar-refractivity contribution in [1.82, 2.24) is 10.2 Å². The first-order chi connectivity index (χ1) is 12.0. The Morgan fingerprint density at radius 2 is 1.81 bits per heavy atom. The molecule has 4 unspecified atom stereocenters. The quantitative estimate of drug-likeness (QED) is 0.681. The first kappa shape index (κ1) is 17.5. The van der Waals surface area contributed by atoms with Gasteiger partial charge in [-0.2, -0.15) is 0 Å². The van der Waals surface area contributed by atoms with Crippen molar-refractivity contribution in [1.29, 1.82) is 0 Å². The van der Waals surface area contributed by atoms with Crippen LogP contribution in [0.4, 0.5) is 5.69 Å². The molecule has 1 spiro atoms. The lowest BCUT2D eigenvalue weighted by atomic mass is 9.76. The molecule has 1 aromatic carbocycles. The lowest BCUT2D eigenvalue weighted by molar-refractivity contribution is -0.147. The highest BCUT2D eigenvalue weighted by molar-refractivity contribution is 6.32. The summed E-state index contributed by atoms with van der Waals surface area (Å²) in [7, 11) is 0. The predicted molar refractivity (Wildman–Crippen MR) is 97.7 cm³/mol. The first-order valence-electron chi connectivity index (χ1n) is 8.78. The zero-order valence-corrected chi connectivity index (χ0v) is 16.2. The number of anilines is 1. The summed E-state index contributed by atoms with van der Waals surface area (Å²) in [4.78, 5) is 40.8. The van der Waals surface area contributed by atoms with E-state index in [0.29, 0.717) is 16.3 Å². The molecule has 0 radical (unpaired) electrons. The minimum absolute atomic E-state index is 0.212. The van der Waals surface area contributed by atoms with Gasteiger partial charge in [-0.3, -0.25) is 24.6 Å². The van der Waals surface area contributed by atoms with Gasteiger partial charge in [-0.05, 0) is 46.2 Å². The molecule has 0 aliphatic carbocycles. The topological polar surface area (TPSA) is 78.5 Å². The Balaban J connectivity index is 1.93. The van der Waals surface area contributed by atoms with Gasteiger partial charge in [0.15, 0.2) is 0 Å². The van der Waals surface area contributed by atoms with Crippen molar-refractivity contribution in [3.8, 4) is 0 Å². The Labute approximate surface area is 157 Å². The summed E-state index contributed by atoms with van der Waals surface area (Å²) in [6.45, 7) is 9.20. The van der Waals surface area contributed by atoms with Crippen LogP contribution >= 0.6 is 11.6 Å². The van der Waals surface area contributed by atoms with E-state index in [1.807, 2.05) is 34.6 Å². The van der Waals surface area contributed by atoms with E-state index in [2.05, 4.69) is 10.6 Å². The number of imide groups is 1. The van der Waals surface area contributed by atoms with Gasteiger partial charge in [-0.1, -0.05) is 17.7 Å². The molecule has 3 aliphatic rings. The molecule has 3 aliphatic heterocycles. The highest BCUT2D eigenvalue weighted by atomic mass is 35.5. The number of amides is 3. The van der Waals surface area contributed by atoms with E-state index in [1.54, 1.807) is 12.1 Å². The molecule has 3 amide bonds. The molecular formula is C19H22ClN3O3. The van der Waals surface area contributed by atoms with Crippen LogP contribution in [-0.2, 0) is 19.9 Å². The second kappa shape index (κ2) is 5.08. The van der Waals surface area contributed by atoms with Crippen molar-refractivity contribution in [2.75, 3.05) is 5.32 Å². The Hall–Kier alpha value is -1.92. The number of carbonyl (C=O) groups excluding carboxylic acids is 3. The number of nitrogens with zero attached hydrogens (tertiary/aromatic N) is 1. The zero-order chi connectivity index (χ0) is 19.2. The summed E-state index contributed by atoms with van der Waals surface area (Å²) in [5, 5.41) is 6.74. The average molecular weight is 376 g/mol. The monoisotopic (exact) mass is 375 g/mol. The maximum Gasteiger partial charge on any atom is 0.250 e. The van der Waals surface area contributed by atoms with Gasteiger partial charge < -0.3 is 5.32 Å². The molecule has 7 heteroatoms. The minimum Gasteiger partial charge on any atom is -0.324 e. The summed E-state index contributed by atoms with van der Waals surface area (Å²) in [5.74, 6) is -2.12. The van der Waals surface area contributed by atoms with Gasteiger partial charge in [-0.25, -0.2) is 0 Å². The van der Waals surface area contributed by atoms with E-state index >= 15 is 0 Å². The third-order valence-electron chi connectivity index (χ3n) is 5.90. The molecule has 2 fully saturated rings. The largest absolute Gasteiger partial charge is 0.324 e. The number of fused-ring (bicyclic) bond motifs is 4. The average Bonchev–Trinajstić information content (AvgIpc) is 3.08. The Kier molecular flexibility index (Phi) is 3.42. The van der Waals surface area contributed by atoms with E-state index in [9.17, 15) is 14.4 Å². The summed E-state index contributed by atoms with van der Waals surface area (Å²) in [6.07, 6.45) is 0. The summed E-state index contributed by atoms with van der Waals surface area (Å²) in [6, 6.07) is 3.22.